The third kappa shape index (κ3) is 32.5. The van der Waals surface area contributed by atoms with Gasteiger partial charge in [0.05, 0.1) is 17.8 Å². The molecular weight excluding hydrogens is 320 g/mol. The van der Waals surface area contributed by atoms with E-state index >= 15 is 0 Å². The van der Waals surface area contributed by atoms with Gasteiger partial charge in [0.1, 0.15) is 5.60 Å². The van der Waals surface area contributed by atoms with Gasteiger partial charge in [-0.1, -0.05) is 0 Å². The summed E-state index contributed by atoms with van der Waals surface area (Å²) in [5.74, 6) is 0. The zero-order valence-corrected chi connectivity index (χ0v) is 17.6. The number of hydrogen-bond donors (Lipinski definition) is 4. The number of rotatable bonds is 1. The Morgan fingerprint density at radius 1 is 0.909 bits per heavy atom. The molecule has 1 fully saturated rings. The molecule has 1 aliphatic rings. The Labute approximate surface area is 152 Å². The fourth-order valence-electron chi connectivity index (χ4n) is 0.785. The molecule has 0 spiro atoms. The average molecular weight is 358 g/mol. The van der Waals surface area contributed by atoms with Crippen molar-refractivity contribution in [2.24, 2.45) is 0 Å². The van der Waals surface area contributed by atoms with E-state index in [1.807, 2.05) is 13.8 Å². The van der Waals surface area contributed by atoms with Crippen molar-refractivity contribution in [3.05, 3.63) is 0 Å². The van der Waals surface area contributed by atoms with E-state index in [0.717, 1.165) is 0 Å². The Bertz CT molecular complexity index is 222. The van der Waals surface area contributed by atoms with Gasteiger partial charge in [-0.25, -0.2) is 0 Å². The van der Waals surface area contributed by atoms with Crippen molar-refractivity contribution in [1.29, 1.82) is 0 Å². The van der Waals surface area contributed by atoms with Crippen molar-refractivity contribution >= 4 is 0 Å². The maximum absolute atomic E-state index is 9.00. The van der Waals surface area contributed by atoms with Crippen molar-refractivity contribution in [1.82, 2.24) is 0 Å². The van der Waals surface area contributed by atoms with Gasteiger partial charge in [0.25, 0.3) is 0 Å². The summed E-state index contributed by atoms with van der Waals surface area (Å²) >= 11 is 0. The summed E-state index contributed by atoms with van der Waals surface area (Å²) in [7, 11) is 0. The maximum atomic E-state index is 9.00. The van der Waals surface area contributed by atoms with E-state index in [2.05, 4.69) is 0 Å². The molecule has 5 nitrogen and oxygen atoms in total. The topological polar surface area (TPSA) is 93.5 Å². The maximum Gasteiger partial charge on any atom is 0.117 e. The number of epoxide rings is 1. The van der Waals surface area contributed by atoms with Crippen molar-refractivity contribution in [2.75, 3.05) is 0 Å². The van der Waals surface area contributed by atoms with Crippen LogP contribution in [0.25, 0.3) is 0 Å². The van der Waals surface area contributed by atoms with Crippen LogP contribution in [0.5, 0.6) is 0 Å². The standard InChI is InChI=1S/C6H12O2.C4H10O.2C3H8O.Ti/c1-4(7)6(3)5(2)8-6;1-4(2,3)5;2*1-3(2)4;/h4-5,7H,1-3H3;5H,1-3H3;2*3-4H,1-2H3;/t4-,5+,6-;;;;/m1..../s1. The van der Waals surface area contributed by atoms with Gasteiger partial charge in [-0.3, -0.25) is 0 Å². The van der Waals surface area contributed by atoms with Crippen LogP contribution in [0.4, 0.5) is 0 Å². The number of aliphatic hydroxyl groups excluding tert-OH is 3. The normalized spacial score (nSPS) is 23.7. The van der Waals surface area contributed by atoms with Gasteiger partial charge < -0.3 is 25.2 Å². The predicted molar refractivity (Wildman–Crippen MR) is 87.3 cm³/mol. The molecule has 136 valence electrons. The second kappa shape index (κ2) is 13.9. The summed E-state index contributed by atoms with van der Waals surface area (Å²) in [6, 6.07) is 0. The fourth-order valence-corrected chi connectivity index (χ4v) is 0.785. The molecule has 6 heteroatoms. The molecule has 0 aliphatic carbocycles. The molecule has 3 atom stereocenters. The first-order valence-electron chi connectivity index (χ1n) is 7.48. The minimum atomic E-state index is -0.500. The smallest absolute Gasteiger partial charge is 0.117 e. The SMILES string of the molecule is CC(C)(C)O.CC(C)O.CC(C)O.C[C@@H]1O[C@]1(C)[C@@H](C)O.[Ti]. The summed E-state index contributed by atoms with van der Waals surface area (Å²) in [5.41, 5.74) is -0.736. The zero-order valence-electron chi connectivity index (χ0n) is 16.0. The Kier molecular flexibility index (Phi) is 19.2. The molecule has 1 heterocycles. The molecule has 1 aliphatic heterocycles. The minimum absolute atomic E-state index is 0. The molecule has 0 aromatic carbocycles. The number of aliphatic hydroxyl groups is 4. The van der Waals surface area contributed by atoms with E-state index < -0.39 is 5.60 Å². The Morgan fingerprint density at radius 3 is 1.05 bits per heavy atom. The first kappa shape index (κ1) is 30.4. The van der Waals surface area contributed by atoms with Crippen LogP contribution < -0.4 is 0 Å². The van der Waals surface area contributed by atoms with Crippen molar-refractivity contribution in [3.63, 3.8) is 0 Å². The largest absolute Gasteiger partial charge is 0.394 e. The van der Waals surface area contributed by atoms with Crippen LogP contribution in [0.2, 0.25) is 0 Å². The van der Waals surface area contributed by atoms with Crippen LogP contribution in [0.1, 0.15) is 69.2 Å². The van der Waals surface area contributed by atoms with Crippen LogP contribution >= 0.6 is 0 Å². The molecule has 1 rings (SSSR count). The molecule has 4 N–H and O–H groups in total. The van der Waals surface area contributed by atoms with Crippen molar-refractivity contribution < 1.29 is 46.9 Å². The van der Waals surface area contributed by atoms with Gasteiger partial charge in [-0.2, -0.15) is 0 Å². The zero-order chi connectivity index (χ0) is 18.0. The fraction of sp³-hybridized carbons (Fsp3) is 1.00. The van der Waals surface area contributed by atoms with Gasteiger partial charge >= 0.3 is 0 Å². The van der Waals surface area contributed by atoms with Crippen LogP contribution in [-0.4, -0.2) is 56.0 Å². The Morgan fingerprint density at radius 2 is 1.05 bits per heavy atom. The third-order valence-corrected chi connectivity index (χ3v) is 2.01. The summed E-state index contributed by atoms with van der Waals surface area (Å²) < 4.78 is 5.12. The van der Waals surface area contributed by atoms with E-state index in [4.69, 9.17) is 25.2 Å². The van der Waals surface area contributed by atoms with Crippen LogP contribution in [-0.2, 0) is 26.5 Å². The second-order valence-corrected chi connectivity index (χ2v) is 6.98. The summed E-state index contributed by atoms with van der Waals surface area (Å²) in [4.78, 5) is 0. The first-order valence-corrected chi connectivity index (χ1v) is 7.48. The quantitative estimate of drug-likeness (QED) is 0.425. The van der Waals surface area contributed by atoms with Crippen LogP contribution in [0, 0.1) is 0 Å². The molecule has 1 saturated heterocycles. The predicted octanol–water partition coefficient (Wildman–Crippen LogP) is 2.09. The molecule has 0 aromatic heterocycles. The van der Waals surface area contributed by atoms with Gasteiger partial charge in [-0.05, 0) is 69.2 Å². The van der Waals surface area contributed by atoms with Crippen molar-refractivity contribution in [3.8, 4) is 0 Å². The molecule has 22 heavy (non-hydrogen) atoms. The first-order chi connectivity index (χ1) is 9.04. The minimum Gasteiger partial charge on any atom is -0.394 e. The summed E-state index contributed by atoms with van der Waals surface area (Å²) in [6.07, 6.45) is -0.431. The average Bonchev–Trinajstić information content (AvgIpc) is 2.70. The summed E-state index contributed by atoms with van der Waals surface area (Å²) in [5, 5.41) is 33.6. The molecule has 0 aromatic rings. The molecular formula is C16H38O5Ti. The van der Waals surface area contributed by atoms with Crippen LogP contribution in [0.3, 0.4) is 0 Å². The number of hydrogen-bond acceptors (Lipinski definition) is 5. The molecule has 0 saturated carbocycles. The van der Waals surface area contributed by atoms with Crippen LogP contribution in [0.15, 0.2) is 0 Å². The Balaban J connectivity index is -0.000000103. The van der Waals surface area contributed by atoms with E-state index in [1.165, 1.54) is 0 Å². The van der Waals surface area contributed by atoms with Gasteiger partial charge in [-0.15, -0.1) is 0 Å². The van der Waals surface area contributed by atoms with Gasteiger partial charge in [0.2, 0.25) is 0 Å². The monoisotopic (exact) mass is 358 g/mol. The molecule has 0 radical (unpaired) electrons. The van der Waals surface area contributed by atoms with E-state index in [-0.39, 0.29) is 51.7 Å². The van der Waals surface area contributed by atoms with Gasteiger partial charge in [0, 0.05) is 33.9 Å². The Hall–Kier alpha value is 0.514. The van der Waals surface area contributed by atoms with Crippen molar-refractivity contribution in [2.45, 2.75) is 105 Å². The molecule has 0 bridgehead atoms. The van der Waals surface area contributed by atoms with E-state index in [1.54, 1.807) is 55.4 Å². The second-order valence-electron chi connectivity index (χ2n) is 6.98. The summed E-state index contributed by atoms with van der Waals surface area (Å²) in [6.45, 7) is 17.8. The van der Waals surface area contributed by atoms with E-state index in [9.17, 15) is 0 Å². The molecule has 0 unspecified atom stereocenters. The molecule has 0 amide bonds. The third-order valence-electron chi connectivity index (χ3n) is 2.01. The van der Waals surface area contributed by atoms with E-state index in [0.29, 0.717) is 0 Å². The van der Waals surface area contributed by atoms with Gasteiger partial charge in [0.15, 0.2) is 0 Å². The number of ether oxygens (including phenoxy) is 1.